The molecule has 0 spiro atoms. The van der Waals surface area contributed by atoms with Gasteiger partial charge in [-0.15, -0.1) is 0 Å². The molecule has 0 bridgehead atoms. The third kappa shape index (κ3) is 2.74. The average Bonchev–Trinajstić information content (AvgIpc) is 2.39. The number of aromatic nitrogens is 1. The van der Waals surface area contributed by atoms with Gasteiger partial charge < -0.3 is 10.1 Å². The molecule has 2 rings (SSSR count). The van der Waals surface area contributed by atoms with Gasteiger partial charge >= 0.3 is 0 Å². The van der Waals surface area contributed by atoms with Crippen molar-refractivity contribution in [1.29, 1.82) is 0 Å². The van der Waals surface area contributed by atoms with Gasteiger partial charge in [0.15, 0.2) is 0 Å². The largest absolute Gasteiger partial charge is 0.496 e. The lowest BCUT2D eigenvalue weighted by Gasteiger charge is -2.12. The summed E-state index contributed by atoms with van der Waals surface area (Å²) in [7, 11) is 3.19. The van der Waals surface area contributed by atoms with Crippen LogP contribution in [0.15, 0.2) is 24.3 Å². The number of pyridine rings is 1. The first-order valence-electron chi connectivity index (χ1n) is 5.44. The zero-order valence-corrected chi connectivity index (χ0v) is 11.8. The van der Waals surface area contributed by atoms with Gasteiger partial charge in [-0.05, 0) is 24.3 Å². The van der Waals surface area contributed by atoms with Crippen LogP contribution in [-0.2, 0) is 0 Å². The van der Waals surface area contributed by atoms with E-state index in [0.29, 0.717) is 32.9 Å². The molecule has 1 heterocycles. The molecule has 0 aliphatic rings. The Balaban J connectivity index is 2.67. The first-order chi connectivity index (χ1) is 9.06. The molecule has 0 radical (unpaired) electrons. The Labute approximate surface area is 120 Å². The second-order valence-electron chi connectivity index (χ2n) is 3.74. The molecule has 1 aromatic heterocycles. The van der Waals surface area contributed by atoms with Gasteiger partial charge in [0, 0.05) is 12.6 Å². The number of hydrogen-bond acceptors (Lipinski definition) is 3. The highest BCUT2D eigenvalue weighted by Crippen LogP contribution is 2.37. The zero-order chi connectivity index (χ0) is 14.0. The van der Waals surface area contributed by atoms with E-state index in [-0.39, 0.29) is 0 Å². The predicted octanol–water partition coefficient (Wildman–Crippen LogP) is 4.24. The van der Waals surface area contributed by atoms with Crippen molar-refractivity contribution < 1.29 is 9.13 Å². The fourth-order valence-corrected chi connectivity index (χ4v) is 2.25. The Morgan fingerprint density at radius 2 is 1.95 bits per heavy atom. The van der Waals surface area contributed by atoms with Crippen LogP contribution in [0.4, 0.5) is 10.2 Å². The minimum absolute atomic E-state index is 0.327. The number of methoxy groups -OCH3 is 1. The minimum Gasteiger partial charge on any atom is -0.496 e. The number of nitrogens with one attached hydrogen (secondary N) is 1. The summed E-state index contributed by atoms with van der Waals surface area (Å²) in [5, 5.41) is 3.57. The monoisotopic (exact) mass is 300 g/mol. The third-order valence-corrected chi connectivity index (χ3v) is 3.16. The molecule has 100 valence electrons. The normalized spacial score (nSPS) is 10.4. The van der Waals surface area contributed by atoms with E-state index in [4.69, 9.17) is 27.9 Å². The summed E-state index contributed by atoms with van der Waals surface area (Å²) in [6.07, 6.45) is 0. The summed E-state index contributed by atoms with van der Waals surface area (Å²) in [6.45, 7) is 0. The van der Waals surface area contributed by atoms with Gasteiger partial charge in [-0.3, -0.25) is 0 Å². The van der Waals surface area contributed by atoms with Gasteiger partial charge in [0.25, 0.3) is 0 Å². The summed E-state index contributed by atoms with van der Waals surface area (Å²) >= 11 is 12.1. The van der Waals surface area contributed by atoms with Crippen molar-refractivity contribution in [3.63, 3.8) is 0 Å². The Morgan fingerprint density at radius 1 is 1.21 bits per heavy atom. The number of nitrogens with zero attached hydrogens (tertiary/aromatic N) is 1. The molecule has 0 fully saturated rings. The molecule has 19 heavy (non-hydrogen) atoms. The molecule has 0 saturated heterocycles. The van der Waals surface area contributed by atoms with E-state index in [9.17, 15) is 4.39 Å². The quantitative estimate of drug-likeness (QED) is 0.920. The number of rotatable bonds is 3. The molecule has 0 amide bonds. The summed E-state index contributed by atoms with van der Waals surface area (Å²) in [5.41, 5.74) is 0.882. The van der Waals surface area contributed by atoms with Crippen molar-refractivity contribution in [3.8, 4) is 17.0 Å². The van der Waals surface area contributed by atoms with Gasteiger partial charge in [0.05, 0.1) is 22.8 Å². The molecule has 1 N–H and O–H groups in total. The number of anilines is 1. The van der Waals surface area contributed by atoms with Crippen LogP contribution in [0.25, 0.3) is 11.3 Å². The maximum atomic E-state index is 13.4. The van der Waals surface area contributed by atoms with Crippen molar-refractivity contribution in [2.75, 3.05) is 19.5 Å². The highest BCUT2D eigenvalue weighted by Gasteiger charge is 2.15. The number of benzene rings is 1. The first kappa shape index (κ1) is 13.9. The summed E-state index contributed by atoms with van der Waals surface area (Å²) in [5.74, 6) is 0.558. The van der Waals surface area contributed by atoms with E-state index < -0.39 is 5.82 Å². The fourth-order valence-electron chi connectivity index (χ4n) is 1.70. The van der Waals surface area contributed by atoms with Crippen LogP contribution in [0.3, 0.4) is 0 Å². The molecule has 0 aliphatic heterocycles. The van der Waals surface area contributed by atoms with E-state index in [1.165, 1.54) is 25.3 Å². The lowest BCUT2D eigenvalue weighted by molar-refractivity contribution is 0.415. The van der Waals surface area contributed by atoms with E-state index in [1.807, 2.05) is 0 Å². The number of ether oxygens (including phenoxy) is 1. The van der Waals surface area contributed by atoms with Gasteiger partial charge in [-0.2, -0.15) is 0 Å². The molecule has 1 aromatic carbocycles. The number of hydrogen-bond donors (Lipinski definition) is 1. The second-order valence-corrected chi connectivity index (χ2v) is 4.56. The molecular formula is C13H11Cl2FN2O. The van der Waals surface area contributed by atoms with Crippen LogP contribution < -0.4 is 10.1 Å². The molecule has 3 nitrogen and oxygen atoms in total. The Bertz CT molecular complexity index is 620. The Kier molecular flexibility index (Phi) is 4.12. The van der Waals surface area contributed by atoms with Gasteiger partial charge in [0.2, 0.25) is 0 Å². The fraction of sp³-hybridized carbons (Fsp3) is 0.154. The van der Waals surface area contributed by atoms with Gasteiger partial charge in [-0.1, -0.05) is 23.2 Å². The Hall–Kier alpha value is -1.52. The maximum absolute atomic E-state index is 13.4. The minimum atomic E-state index is -0.394. The lowest BCUT2D eigenvalue weighted by atomic mass is 10.1. The van der Waals surface area contributed by atoms with Crippen LogP contribution in [0.1, 0.15) is 0 Å². The van der Waals surface area contributed by atoms with E-state index in [0.717, 1.165) is 0 Å². The Morgan fingerprint density at radius 3 is 2.58 bits per heavy atom. The second kappa shape index (κ2) is 5.63. The van der Waals surface area contributed by atoms with Crippen LogP contribution in [0.2, 0.25) is 10.0 Å². The molecule has 6 heteroatoms. The molecule has 0 aliphatic carbocycles. The van der Waals surface area contributed by atoms with E-state index >= 15 is 0 Å². The number of halogens is 3. The molecule has 0 unspecified atom stereocenters. The average molecular weight is 301 g/mol. The molecule has 0 saturated carbocycles. The van der Waals surface area contributed by atoms with Crippen molar-refractivity contribution in [2.24, 2.45) is 0 Å². The first-order valence-corrected chi connectivity index (χ1v) is 6.20. The molecule has 0 atom stereocenters. The summed E-state index contributed by atoms with van der Waals surface area (Å²) < 4.78 is 18.6. The predicted molar refractivity (Wildman–Crippen MR) is 75.7 cm³/mol. The van der Waals surface area contributed by atoms with Crippen molar-refractivity contribution in [1.82, 2.24) is 4.98 Å². The van der Waals surface area contributed by atoms with Crippen molar-refractivity contribution in [3.05, 3.63) is 40.1 Å². The molecular weight excluding hydrogens is 290 g/mol. The van der Waals surface area contributed by atoms with Crippen LogP contribution in [0, 0.1) is 5.82 Å². The van der Waals surface area contributed by atoms with Gasteiger partial charge in [0.1, 0.15) is 17.4 Å². The standard InChI is InChI=1S/C13H11Cl2FN2O/c1-17-13-10(15)6-9(14)12(18-13)8-5-7(16)3-4-11(8)19-2/h3-6H,1-2H3,(H,17,18). The summed E-state index contributed by atoms with van der Waals surface area (Å²) in [4.78, 5) is 4.29. The lowest BCUT2D eigenvalue weighted by Crippen LogP contribution is -1.98. The van der Waals surface area contributed by atoms with E-state index in [1.54, 1.807) is 13.1 Å². The topological polar surface area (TPSA) is 34.2 Å². The molecule has 2 aromatic rings. The van der Waals surface area contributed by atoms with Crippen LogP contribution in [-0.4, -0.2) is 19.1 Å². The van der Waals surface area contributed by atoms with Crippen LogP contribution >= 0.6 is 23.2 Å². The third-order valence-electron chi connectivity index (χ3n) is 2.58. The van der Waals surface area contributed by atoms with Gasteiger partial charge in [-0.25, -0.2) is 9.37 Å². The van der Waals surface area contributed by atoms with Crippen molar-refractivity contribution >= 4 is 29.0 Å². The van der Waals surface area contributed by atoms with Crippen LogP contribution in [0.5, 0.6) is 5.75 Å². The summed E-state index contributed by atoms with van der Waals surface area (Å²) in [6, 6.07) is 5.71. The van der Waals surface area contributed by atoms with Crippen molar-refractivity contribution in [2.45, 2.75) is 0 Å². The SMILES string of the molecule is CNc1nc(-c2cc(F)ccc2OC)c(Cl)cc1Cl. The maximum Gasteiger partial charge on any atom is 0.145 e. The zero-order valence-electron chi connectivity index (χ0n) is 10.3. The highest BCUT2D eigenvalue weighted by molar-refractivity contribution is 6.37. The van der Waals surface area contributed by atoms with E-state index in [2.05, 4.69) is 10.3 Å². The smallest absolute Gasteiger partial charge is 0.145 e. The highest BCUT2D eigenvalue weighted by atomic mass is 35.5.